The van der Waals surface area contributed by atoms with E-state index in [-0.39, 0.29) is 11.9 Å². The van der Waals surface area contributed by atoms with Crippen molar-refractivity contribution in [2.45, 2.75) is 55.9 Å². The van der Waals surface area contributed by atoms with Crippen molar-refractivity contribution < 1.29 is 13.2 Å². The third kappa shape index (κ3) is 2.90. The highest BCUT2D eigenvalue weighted by molar-refractivity contribution is 7.89. The number of carbonyl (C=O) groups excluding carboxylic acids is 1. The van der Waals surface area contributed by atoms with Crippen LogP contribution < -0.4 is 5.32 Å². The van der Waals surface area contributed by atoms with Gasteiger partial charge in [0, 0.05) is 25.2 Å². The fourth-order valence-corrected chi connectivity index (χ4v) is 4.81. The molecule has 1 heterocycles. The summed E-state index contributed by atoms with van der Waals surface area (Å²) >= 11 is 0. The minimum Gasteiger partial charge on any atom is -0.326 e. The summed E-state index contributed by atoms with van der Waals surface area (Å²) in [6, 6.07) is 5.16. The van der Waals surface area contributed by atoms with Gasteiger partial charge in [0.15, 0.2) is 0 Å². The Labute approximate surface area is 131 Å². The number of aryl methyl sites for hydroxylation is 1. The minimum absolute atomic E-state index is 0.00238. The van der Waals surface area contributed by atoms with E-state index in [0.29, 0.717) is 11.3 Å². The topological polar surface area (TPSA) is 66.5 Å². The maximum atomic E-state index is 12.8. The summed E-state index contributed by atoms with van der Waals surface area (Å²) in [6.07, 6.45) is 6.04. The minimum atomic E-state index is -3.46. The number of nitrogens with one attached hydrogen (secondary N) is 1. The highest BCUT2D eigenvalue weighted by atomic mass is 32.2. The first kappa shape index (κ1) is 15.5. The van der Waals surface area contributed by atoms with Gasteiger partial charge in [-0.25, -0.2) is 8.42 Å². The van der Waals surface area contributed by atoms with Crippen molar-refractivity contribution in [2.24, 2.45) is 0 Å². The first-order valence-corrected chi connectivity index (χ1v) is 9.33. The summed E-state index contributed by atoms with van der Waals surface area (Å²) in [5.74, 6) is -0.00238. The number of amides is 1. The summed E-state index contributed by atoms with van der Waals surface area (Å²) in [4.78, 5) is 11.9. The van der Waals surface area contributed by atoms with Crippen LogP contribution in [0.2, 0.25) is 0 Å². The van der Waals surface area contributed by atoms with Crippen molar-refractivity contribution in [3.63, 3.8) is 0 Å². The number of benzene rings is 1. The Kier molecular flexibility index (Phi) is 4.23. The van der Waals surface area contributed by atoms with E-state index in [2.05, 4.69) is 5.32 Å². The molecule has 120 valence electrons. The summed E-state index contributed by atoms with van der Waals surface area (Å²) in [5, 5.41) is 2.84. The van der Waals surface area contributed by atoms with E-state index in [1.165, 1.54) is 4.31 Å². The van der Waals surface area contributed by atoms with Gasteiger partial charge < -0.3 is 5.32 Å². The summed E-state index contributed by atoms with van der Waals surface area (Å²) in [6.45, 7) is 0. The van der Waals surface area contributed by atoms with Crippen LogP contribution in [0, 0.1) is 0 Å². The average molecular weight is 322 g/mol. The Morgan fingerprint density at radius 2 is 1.86 bits per heavy atom. The van der Waals surface area contributed by atoms with Crippen LogP contribution in [-0.4, -0.2) is 31.7 Å². The molecule has 1 aromatic rings. The number of sulfonamides is 1. The molecule has 0 radical (unpaired) electrons. The molecule has 0 bridgehead atoms. The lowest BCUT2D eigenvalue weighted by molar-refractivity contribution is -0.116. The van der Waals surface area contributed by atoms with Gasteiger partial charge in [-0.15, -0.1) is 0 Å². The van der Waals surface area contributed by atoms with Crippen LogP contribution in [0.3, 0.4) is 0 Å². The zero-order valence-electron chi connectivity index (χ0n) is 12.8. The monoisotopic (exact) mass is 322 g/mol. The van der Waals surface area contributed by atoms with Crippen molar-refractivity contribution in [1.82, 2.24) is 4.31 Å². The number of nitrogens with zero attached hydrogens (tertiary/aromatic N) is 1. The van der Waals surface area contributed by atoms with Crippen LogP contribution in [0.1, 0.15) is 44.1 Å². The van der Waals surface area contributed by atoms with E-state index in [0.717, 1.165) is 49.8 Å². The molecule has 1 N–H and O–H groups in total. The van der Waals surface area contributed by atoms with Gasteiger partial charge in [-0.1, -0.05) is 12.8 Å². The lowest BCUT2D eigenvalue weighted by Gasteiger charge is -2.24. The second-order valence-corrected chi connectivity index (χ2v) is 8.18. The van der Waals surface area contributed by atoms with Gasteiger partial charge >= 0.3 is 0 Å². The fourth-order valence-electron chi connectivity index (χ4n) is 3.34. The molecule has 1 fully saturated rings. The van der Waals surface area contributed by atoms with Gasteiger partial charge in [0.05, 0.1) is 4.90 Å². The van der Waals surface area contributed by atoms with Crippen LogP contribution in [0.4, 0.5) is 5.69 Å². The summed E-state index contributed by atoms with van der Waals surface area (Å²) < 4.78 is 27.1. The second-order valence-electron chi connectivity index (χ2n) is 6.18. The maximum absolute atomic E-state index is 12.8. The van der Waals surface area contributed by atoms with Gasteiger partial charge in [0.25, 0.3) is 0 Å². The molecule has 1 aromatic carbocycles. The number of fused-ring (bicyclic) bond motifs is 1. The fraction of sp³-hybridized carbons (Fsp3) is 0.562. The van der Waals surface area contributed by atoms with Gasteiger partial charge in [-0.3, -0.25) is 4.79 Å². The maximum Gasteiger partial charge on any atom is 0.243 e. The molecule has 0 spiro atoms. The van der Waals surface area contributed by atoms with Crippen molar-refractivity contribution in [3.05, 3.63) is 23.8 Å². The number of anilines is 1. The second kappa shape index (κ2) is 6.01. The SMILES string of the molecule is CN(C1CCCC1)S(=O)(=O)c1ccc2c(c1)CCCC(=O)N2. The Balaban J connectivity index is 1.91. The molecule has 2 aliphatic rings. The van der Waals surface area contributed by atoms with Crippen molar-refractivity contribution in [1.29, 1.82) is 0 Å². The molecular weight excluding hydrogens is 300 g/mol. The van der Waals surface area contributed by atoms with Crippen LogP contribution in [-0.2, 0) is 21.2 Å². The molecule has 6 heteroatoms. The molecule has 1 aliphatic carbocycles. The smallest absolute Gasteiger partial charge is 0.243 e. The molecule has 22 heavy (non-hydrogen) atoms. The molecule has 0 atom stereocenters. The van der Waals surface area contributed by atoms with E-state index in [9.17, 15) is 13.2 Å². The third-order valence-electron chi connectivity index (χ3n) is 4.72. The van der Waals surface area contributed by atoms with E-state index in [4.69, 9.17) is 0 Å². The van der Waals surface area contributed by atoms with E-state index < -0.39 is 10.0 Å². The Morgan fingerprint density at radius 3 is 2.59 bits per heavy atom. The zero-order valence-corrected chi connectivity index (χ0v) is 13.7. The number of hydrogen-bond donors (Lipinski definition) is 1. The van der Waals surface area contributed by atoms with Crippen LogP contribution in [0.25, 0.3) is 0 Å². The highest BCUT2D eigenvalue weighted by Gasteiger charge is 2.30. The highest BCUT2D eigenvalue weighted by Crippen LogP contribution is 2.30. The predicted octanol–water partition coefficient (Wildman–Crippen LogP) is 2.52. The Morgan fingerprint density at radius 1 is 1.14 bits per heavy atom. The first-order valence-electron chi connectivity index (χ1n) is 7.89. The third-order valence-corrected chi connectivity index (χ3v) is 6.62. The Bertz CT molecular complexity index is 679. The molecule has 0 aromatic heterocycles. The lowest BCUT2D eigenvalue weighted by Crippen LogP contribution is -2.35. The average Bonchev–Trinajstić information content (AvgIpc) is 2.95. The number of carbonyl (C=O) groups is 1. The standard InChI is InChI=1S/C16H22N2O3S/c1-18(13-6-2-3-7-13)22(20,21)14-9-10-15-12(11-14)5-4-8-16(19)17-15/h9-11,13H,2-8H2,1H3,(H,17,19). The predicted molar refractivity (Wildman–Crippen MR) is 85.2 cm³/mol. The summed E-state index contributed by atoms with van der Waals surface area (Å²) in [7, 11) is -1.78. The molecular formula is C16H22N2O3S. The van der Waals surface area contributed by atoms with Crippen LogP contribution in [0.15, 0.2) is 23.1 Å². The summed E-state index contributed by atoms with van der Waals surface area (Å²) in [5.41, 5.74) is 1.65. The molecule has 3 rings (SSSR count). The van der Waals surface area contributed by atoms with E-state index >= 15 is 0 Å². The zero-order chi connectivity index (χ0) is 15.7. The van der Waals surface area contributed by atoms with Crippen LogP contribution in [0.5, 0.6) is 0 Å². The molecule has 5 nitrogen and oxygen atoms in total. The van der Waals surface area contributed by atoms with Crippen molar-refractivity contribution in [2.75, 3.05) is 12.4 Å². The Hall–Kier alpha value is -1.40. The van der Waals surface area contributed by atoms with E-state index in [1.807, 2.05) is 0 Å². The number of rotatable bonds is 3. The lowest BCUT2D eigenvalue weighted by atomic mass is 10.1. The van der Waals surface area contributed by atoms with Crippen LogP contribution >= 0.6 is 0 Å². The molecule has 0 saturated heterocycles. The molecule has 0 unspecified atom stereocenters. The van der Waals surface area contributed by atoms with Crippen molar-refractivity contribution in [3.8, 4) is 0 Å². The first-order chi connectivity index (χ1) is 10.5. The van der Waals surface area contributed by atoms with Gasteiger partial charge in [-0.05, 0) is 49.4 Å². The molecule has 1 saturated carbocycles. The van der Waals surface area contributed by atoms with Gasteiger partial charge in [0.2, 0.25) is 15.9 Å². The van der Waals surface area contributed by atoms with Gasteiger partial charge in [0.1, 0.15) is 0 Å². The normalized spacial score (nSPS) is 19.8. The largest absolute Gasteiger partial charge is 0.326 e. The van der Waals surface area contributed by atoms with Crippen molar-refractivity contribution >= 4 is 21.6 Å². The molecule has 1 aliphatic heterocycles. The quantitative estimate of drug-likeness (QED) is 0.930. The molecule has 1 amide bonds. The van der Waals surface area contributed by atoms with E-state index in [1.54, 1.807) is 25.2 Å². The number of hydrogen-bond acceptors (Lipinski definition) is 3. The van der Waals surface area contributed by atoms with Gasteiger partial charge in [-0.2, -0.15) is 4.31 Å².